The van der Waals surface area contributed by atoms with Gasteiger partial charge in [0.25, 0.3) is 11.4 Å². The van der Waals surface area contributed by atoms with Gasteiger partial charge >= 0.3 is 0 Å². The number of anilines is 1. The molecule has 0 aliphatic carbocycles. The molecule has 2 heterocycles. The first-order valence-electron chi connectivity index (χ1n) is 9.67. The standard InChI is InChI=1S/C21H17ClN4O5S/c22-16-13-14(25(27)28)5-6-15(16)19-7-8-20(31-19)21(32)24-11-9-23(10-12-24)17-3-1-2-4-18(17)26(29)30/h1-8,13H,9-12H2. The molecule has 2 aromatic carbocycles. The number of para-hydroxylation sites is 2. The van der Waals surface area contributed by atoms with Crippen LogP contribution in [-0.4, -0.2) is 45.9 Å². The fraction of sp³-hybridized carbons (Fsp3) is 0.190. The molecule has 32 heavy (non-hydrogen) atoms. The van der Waals surface area contributed by atoms with E-state index in [1.807, 2.05) is 9.80 Å². The Bertz CT molecular complexity index is 1210. The maximum atomic E-state index is 11.3. The SMILES string of the molecule is O=[N+]([O-])c1ccc(-c2ccc(C(=S)N3CCN(c4ccccc4[N+](=O)[O-])CC3)o2)c(Cl)c1. The van der Waals surface area contributed by atoms with Crippen LogP contribution in [0.5, 0.6) is 0 Å². The Kier molecular flexibility index (Phi) is 6.06. The van der Waals surface area contributed by atoms with Gasteiger partial charge in [0, 0.05) is 49.9 Å². The van der Waals surface area contributed by atoms with E-state index < -0.39 is 4.92 Å². The zero-order valence-corrected chi connectivity index (χ0v) is 18.2. The van der Waals surface area contributed by atoms with Crippen LogP contribution in [0.4, 0.5) is 17.1 Å². The number of thiocarbonyl (C=S) groups is 1. The lowest BCUT2D eigenvalue weighted by atomic mass is 10.1. The van der Waals surface area contributed by atoms with Crippen LogP contribution in [0.25, 0.3) is 11.3 Å². The summed E-state index contributed by atoms with van der Waals surface area (Å²) in [4.78, 5) is 25.8. The Morgan fingerprint density at radius 3 is 2.34 bits per heavy atom. The Morgan fingerprint density at radius 1 is 0.969 bits per heavy atom. The Morgan fingerprint density at radius 2 is 1.69 bits per heavy atom. The molecule has 0 N–H and O–H groups in total. The minimum atomic E-state index is -0.512. The van der Waals surface area contributed by atoms with Gasteiger partial charge in [0.15, 0.2) is 5.76 Å². The smallest absolute Gasteiger partial charge is 0.292 e. The highest BCUT2D eigenvalue weighted by molar-refractivity contribution is 7.80. The fourth-order valence-corrected chi connectivity index (χ4v) is 4.17. The van der Waals surface area contributed by atoms with Crippen LogP contribution < -0.4 is 4.90 Å². The molecule has 1 aliphatic rings. The maximum absolute atomic E-state index is 11.3. The van der Waals surface area contributed by atoms with Crippen molar-refractivity contribution in [1.82, 2.24) is 4.90 Å². The molecule has 1 fully saturated rings. The Hall–Kier alpha value is -3.50. The van der Waals surface area contributed by atoms with Gasteiger partial charge < -0.3 is 14.2 Å². The van der Waals surface area contributed by atoms with E-state index in [2.05, 4.69) is 0 Å². The molecule has 9 nitrogen and oxygen atoms in total. The third-order valence-corrected chi connectivity index (χ3v) is 6.00. The molecule has 1 saturated heterocycles. The largest absolute Gasteiger partial charge is 0.454 e. The number of benzene rings is 2. The van der Waals surface area contributed by atoms with Crippen molar-refractivity contribution < 1.29 is 14.3 Å². The molecule has 4 rings (SSSR count). The number of furan rings is 1. The number of halogens is 1. The average molecular weight is 473 g/mol. The molecule has 1 aliphatic heterocycles. The first kappa shape index (κ1) is 21.7. The van der Waals surface area contributed by atoms with Gasteiger partial charge in [-0.2, -0.15) is 0 Å². The first-order chi connectivity index (χ1) is 15.3. The number of nitro benzene ring substituents is 2. The van der Waals surface area contributed by atoms with Crippen molar-refractivity contribution in [2.24, 2.45) is 0 Å². The van der Waals surface area contributed by atoms with E-state index in [-0.39, 0.29) is 21.3 Å². The Balaban J connectivity index is 1.45. The average Bonchev–Trinajstić information content (AvgIpc) is 3.28. The van der Waals surface area contributed by atoms with Crippen LogP contribution in [-0.2, 0) is 0 Å². The van der Waals surface area contributed by atoms with Gasteiger partial charge in [-0.3, -0.25) is 20.2 Å². The van der Waals surface area contributed by atoms with Crippen molar-refractivity contribution in [3.8, 4) is 11.3 Å². The second-order valence-corrected chi connectivity index (χ2v) is 7.90. The molecule has 1 aromatic heterocycles. The molecule has 11 heteroatoms. The second-order valence-electron chi connectivity index (χ2n) is 7.11. The van der Waals surface area contributed by atoms with Crippen LogP contribution in [0.2, 0.25) is 5.02 Å². The van der Waals surface area contributed by atoms with E-state index in [4.69, 9.17) is 28.2 Å². The molecule has 0 saturated carbocycles. The second kappa shape index (κ2) is 8.93. The summed E-state index contributed by atoms with van der Waals surface area (Å²) in [6.07, 6.45) is 0. The molecule has 0 spiro atoms. The fourth-order valence-electron chi connectivity index (χ4n) is 3.61. The van der Waals surface area contributed by atoms with E-state index in [0.29, 0.717) is 53.9 Å². The summed E-state index contributed by atoms with van der Waals surface area (Å²) in [7, 11) is 0. The Labute approximate surface area is 193 Å². The molecule has 0 unspecified atom stereocenters. The first-order valence-corrected chi connectivity index (χ1v) is 10.5. The number of nitrogens with zero attached hydrogens (tertiary/aromatic N) is 4. The lowest BCUT2D eigenvalue weighted by Gasteiger charge is -2.36. The van der Waals surface area contributed by atoms with Crippen LogP contribution in [0, 0.1) is 20.2 Å². The van der Waals surface area contributed by atoms with Gasteiger partial charge in [-0.1, -0.05) is 36.0 Å². The molecular weight excluding hydrogens is 456 g/mol. The lowest BCUT2D eigenvalue weighted by Crippen LogP contribution is -2.48. The van der Waals surface area contributed by atoms with Gasteiger partial charge in [-0.25, -0.2) is 0 Å². The number of piperazine rings is 1. The van der Waals surface area contributed by atoms with Crippen LogP contribution in [0.3, 0.4) is 0 Å². The van der Waals surface area contributed by atoms with Crippen molar-refractivity contribution in [2.45, 2.75) is 0 Å². The summed E-state index contributed by atoms with van der Waals surface area (Å²) < 4.78 is 5.89. The summed E-state index contributed by atoms with van der Waals surface area (Å²) in [5.74, 6) is 0.948. The lowest BCUT2D eigenvalue weighted by molar-refractivity contribution is -0.384. The number of nitro groups is 2. The summed E-state index contributed by atoms with van der Waals surface area (Å²) in [5.41, 5.74) is 1.11. The number of non-ortho nitro benzene ring substituents is 1. The van der Waals surface area contributed by atoms with Crippen molar-refractivity contribution in [3.05, 3.63) is 85.6 Å². The van der Waals surface area contributed by atoms with Crippen molar-refractivity contribution in [3.63, 3.8) is 0 Å². The predicted molar refractivity (Wildman–Crippen MR) is 124 cm³/mol. The number of hydrogen-bond acceptors (Lipinski definition) is 7. The molecule has 3 aromatic rings. The molecule has 0 amide bonds. The van der Waals surface area contributed by atoms with Crippen LogP contribution >= 0.6 is 23.8 Å². The predicted octanol–water partition coefficient (Wildman–Crippen LogP) is 4.91. The van der Waals surface area contributed by atoms with Crippen LogP contribution in [0.15, 0.2) is 59.0 Å². The molecular formula is C21H17ClN4O5S. The van der Waals surface area contributed by atoms with Crippen molar-refractivity contribution >= 4 is 45.9 Å². The summed E-state index contributed by atoms with van der Waals surface area (Å²) in [5, 5.41) is 22.4. The zero-order valence-electron chi connectivity index (χ0n) is 16.6. The van der Waals surface area contributed by atoms with Gasteiger partial charge in [0.1, 0.15) is 16.4 Å². The third-order valence-electron chi connectivity index (χ3n) is 5.23. The van der Waals surface area contributed by atoms with Gasteiger partial charge in [-0.05, 0) is 24.3 Å². The quantitative estimate of drug-likeness (QED) is 0.293. The third kappa shape index (κ3) is 4.27. The summed E-state index contributed by atoms with van der Waals surface area (Å²) in [6, 6.07) is 14.3. The topological polar surface area (TPSA) is 106 Å². The van der Waals surface area contributed by atoms with E-state index in [9.17, 15) is 20.2 Å². The highest BCUT2D eigenvalue weighted by Crippen LogP contribution is 2.33. The van der Waals surface area contributed by atoms with Crippen LogP contribution in [0.1, 0.15) is 5.76 Å². The maximum Gasteiger partial charge on any atom is 0.292 e. The van der Waals surface area contributed by atoms with Crippen molar-refractivity contribution in [2.75, 3.05) is 31.1 Å². The minimum Gasteiger partial charge on any atom is -0.454 e. The van der Waals surface area contributed by atoms with Gasteiger partial charge in [0.05, 0.1) is 14.9 Å². The highest BCUT2D eigenvalue weighted by atomic mass is 35.5. The van der Waals surface area contributed by atoms with E-state index >= 15 is 0 Å². The summed E-state index contributed by atoms with van der Waals surface area (Å²) in [6.45, 7) is 2.32. The zero-order chi connectivity index (χ0) is 22.8. The minimum absolute atomic E-state index is 0.0826. The molecule has 0 bridgehead atoms. The normalized spacial score (nSPS) is 13.8. The molecule has 0 radical (unpaired) electrons. The van der Waals surface area contributed by atoms with E-state index in [1.54, 1.807) is 30.3 Å². The van der Waals surface area contributed by atoms with Gasteiger partial charge in [0.2, 0.25) is 0 Å². The number of hydrogen-bond donors (Lipinski definition) is 0. The monoisotopic (exact) mass is 472 g/mol. The van der Waals surface area contributed by atoms with E-state index in [0.717, 1.165) is 0 Å². The molecule has 164 valence electrons. The number of rotatable bonds is 5. The highest BCUT2D eigenvalue weighted by Gasteiger charge is 2.26. The van der Waals surface area contributed by atoms with Gasteiger partial charge in [-0.15, -0.1) is 0 Å². The van der Waals surface area contributed by atoms with E-state index in [1.165, 1.54) is 24.3 Å². The van der Waals surface area contributed by atoms with Crippen molar-refractivity contribution in [1.29, 1.82) is 0 Å². The summed E-state index contributed by atoms with van der Waals surface area (Å²) >= 11 is 11.8. The molecule has 0 atom stereocenters.